The average Bonchev–Trinajstić information content (AvgIpc) is 2.93. The van der Waals surface area contributed by atoms with Crippen molar-refractivity contribution in [1.82, 2.24) is 15.3 Å². The maximum Gasteiger partial charge on any atom is 0.270 e. The second-order valence-corrected chi connectivity index (χ2v) is 4.49. The summed E-state index contributed by atoms with van der Waals surface area (Å²) in [5.41, 5.74) is 6.37. The van der Waals surface area contributed by atoms with Gasteiger partial charge in [-0.15, -0.1) is 0 Å². The van der Waals surface area contributed by atoms with Gasteiger partial charge in [0.25, 0.3) is 5.91 Å². The third-order valence-electron chi connectivity index (χ3n) is 2.63. The molecule has 0 fully saturated rings. The van der Waals surface area contributed by atoms with Crippen LogP contribution in [0.3, 0.4) is 0 Å². The molecule has 0 aliphatic heterocycles. The van der Waals surface area contributed by atoms with Crippen LogP contribution in [-0.4, -0.2) is 20.9 Å². The smallest absolute Gasteiger partial charge is 0.270 e. The minimum Gasteiger partial charge on any atom is -0.444 e. The first-order chi connectivity index (χ1) is 9.60. The minimum atomic E-state index is -0.310. The summed E-state index contributed by atoms with van der Waals surface area (Å²) < 4.78 is 5.39. The standard InChI is InChI=1S/C13H14N4O2S/c1-2-9-6-16-11(19-9)7-17-13(18)10-4-3-8(5-15-10)12(14)20/h3-6H,2,7H2,1H3,(H2,14,20)(H,17,18). The molecule has 0 aliphatic carbocycles. The first-order valence-corrected chi connectivity index (χ1v) is 6.48. The molecule has 2 aromatic rings. The average molecular weight is 290 g/mol. The fraction of sp³-hybridized carbons (Fsp3) is 0.231. The summed E-state index contributed by atoms with van der Waals surface area (Å²) in [4.78, 5) is 20.2. The molecule has 6 nitrogen and oxygen atoms in total. The van der Waals surface area contributed by atoms with Gasteiger partial charge in [0.2, 0.25) is 5.89 Å². The van der Waals surface area contributed by atoms with Gasteiger partial charge in [0.15, 0.2) is 0 Å². The van der Waals surface area contributed by atoms with E-state index in [1.165, 1.54) is 6.20 Å². The molecule has 0 saturated heterocycles. The number of carbonyl (C=O) groups excluding carboxylic acids is 1. The van der Waals surface area contributed by atoms with E-state index in [9.17, 15) is 4.79 Å². The van der Waals surface area contributed by atoms with Crippen molar-refractivity contribution in [3.63, 3.8) is 0 Å². The SMILES string of the molecule is CCc1cnc(CNC(=O)c2ccc(C(N)=S)cn2)o1. The molecule has 2 aromatic heterocycles. The van der Waals surface area contributed by atoms with E-state index in [0.717, 1.165) is 12.2 Å². The van der Waals surface area contributed by atoms with Crippen LogP contribution >= 0.6 is 12.2 Å². The van der Waals surface area contributed by atoms with Gasteiger partial charge < -0.3 is 15.5 Å². The van der Waals surface area contributed by atoms with Gasteiger partial charge in [0.1, 0.15) is 16.4 Å². The summed E-state index contributed by atoms with van der Waals surface area (Å²) in [7, 11) is 0. The Labute approximate surface area is 121 Å². The largest absolute Gasteiger partial charge is 0.444 e. The van der Waals surface area contributed by atoms with E-state index in [1.54, 1.807) is 18.3 Å². The number of carbonyl (C=O) groups is 1. The van der Waals surface area contributed by atoms with Crippen LogP contribution in [0.15, 0.2) is 28.9 Å². The van der Waals surface area contributed by atoms with E-state index in [2.05, 4.69) is 15.3 Å². The number of hydrogen-bond donors (Lipinski definition) is 2. The van der Waals surface area contributed by atoms with Crippen LogP contribution < -0.4 is 11.1 Å². The summed E-state index contributed by atoms with van der Waals surface area (Å²) in [6.07, 6.45) is 3.89. The second-order valence-electron chi connectivity index (χ2n) is 4.05. The maximum absolute atomic E-state index is 11.9. The lowest BCUT2D eigenvalue weighted by atomic mass is 10.2. The maximum atomic E-state index is 11.9. The molecule has 2 rings (SSSR count). The molecule has 0 saturated carbocycles. The number of nitrogens with zero attached hydrogens (tertiary/aromatic N) is 2. The molecule has 0 unspecified atom stereocenters. The highest BCUT2D eigenvalue weighted by molar-refractivity contribution is 7.80. The number of nitrogens with two attached hydrogens (primary N) is 1. The Bertz CT molecular complexity index is 622. The zero-order valence-corrected chi connectivity index (χ0v) is 11.7. The van der Waals surface area contributed by atoms with Crippen molar-refractivity contribution in [2.75, 3.05) is 0 Å². The van der Waals surface area contributed by atoms with Crippen molar-refractivity contribution in [1.29, 1.82) is 0 Å². The molecule has 0 radical (unpaired) electrons. The van der Waals surface area contributed by atoms with Gasteiger partial charge in [-0.1, -0.05) is 19.1 Å². The molecular weight excluding hydrogens is 276 g/mol. The van der Waals surface area contributed by atoms with Crippen LogP contribution in [-0.2, 0) is 13.0 Å². The van der Waals surface area contributed by atoms with Gasteiger partial charge >= 0.3 is 0 Å². The van der Waals surface area contributed by atoms with Crippen LogP contribution in [0.25, 0.3) is 0 Å². The lowest BCUT2D eigenvalue weighted by molar-refractivity contribution is 0.0942. The molecule has 1 amide bonds. The van der Waals surface area contributed by atoms with Gasteiger partial charge in [-0.2, -0.15) is 0 Å². The van der Waals surface area contributed by atoms with Gasteiger partial charge in [-0.05, 0) is 12.1 Å². The second kappa shape index (κ2) is 6.25. The predicted octanol–water partition coefficient (Wildman–Crippen LogP) is 1.20. The molecule has 0 bridgehead atoms. The highest BCUT2D eigenvalue weighted by Crippen LogP contribution is 2.05. The van der Waals surface area contributed by atoms with Crippen molar-refractivity contribution < 1.29 is 9.21 Å². The van der Waals surface area contributed by atoms with Crippen molar-refractivity contribution in [3.8, 4) is 0 Å². The zero-order chi connectivity index (χ0) is 14.5. The van der Waals surface area contributed by atoms with E-state index in [0.29, 0.717) is 11.5 Å². The molecule has 2 heterocycles. The third-order valence-corrected chi connectivity index (χ3v) is 2.87. The molecular formula is C13H14N4O2S. The van der Waals surface area contributed by atoms with Crippen LogP contribution in [0.4, 0.5) is 0 Å². The van der Waals surface area contributed by atoms with Crippen molar-refractivity contribution in [2.45, 2.75) is 19.9 Å². The molecule has 3 N–H and O–H groups in total. The van der Waals surface area contributed by atoms with Crippen molar-refractivity contribution in [2.24, 2.45) is 5.73 Å². The lowest BCUT2D eigenvalue weighted by Gasteiger charge is -2.03. The normalized spacial score (nSPS) is 10.2. The fourth-order valence-electron chi connectivity index (χ4n) is 1.51. The molecule has 0 aliphatic rings. The highest BCUT2D eigenvalue weighted by atomic mass is 32.1. The van der Waals surface area contributed by atoms with Crippen molar-refractivity contribution in [3.05, 3.63) is 47.4 Å². The number of nitrogens with one attached hydrogen (secondary N) is 1. The Kier molecular flexibility index (Phi) is 4.41. The molecule has 0 spiro atoms. The Balaban J connectivity index is 1.96. The molecule has 20 heavy (non-hydrogen) atoms. The topological polar surface area (TPSA) is 94.0 Å². The number of pyridine rings is 1. The van der Waals surface area contributed by atoms with E-state index in [4.69, 9.17) is 22.4 Å². The van der Waals surface area contributed by atoms with E-state index in [-0.39, 0.29) is 23.1 Å². The fourth-order valence-corrected chi connectivity index (χ4v) is 1.63. The highest BCUT2D eigenvalue weighted by Gasteiger charge is 2.09. The lowest BCUT2D eigenvalue weighted by Crippen LogP contribution is -2.24. The predicted molar refractivity (Wildman–Crippen MR) is 77.2 cm³/mol. The monoisotopic (exact) mass is 290 g/mol. The Morgan fingerprint density at radius 2 is 2.20 bits per heavy atom. The minimum absolute atomic E-state index is 0.220. The molecule has 104 valence electrons. The van der Waals surface area contributed by atoms with E-state index in [1.807, 2.05) is 6.92 Å². The number of oxazole rings is 1. The summed E-state index contributed by atoms with van der Waals surface area (Å²) in [6.45, 7) is 2.19. The van der Waals surface area contributed by atoms with Crippen LogP contribution in [0, 0.1) is 0 Å². The Morgan fingerprint density at radius 3 is 2.75 bits per heavy atom. The van der Waals surface area contributed by atoms with Crippen LogP contribution in [0.5, 0.6) is 0 Å². The summed E-state index contributed by atoms with van der Waals surface area (Å²) in [6, 6.07) is 3.22. The summed E-state index contributed by atoms with van der Waals surface area (Å²) in [5, 5.41) is 2.68. The first kappa shape index (κ1) is 14.1. The van der Waals surface area contributed by atoms with Crippen LogP contribution in [0.1, 0.15) is 34.6 Å². The molecule has 0 aromatic carbocycles. The van der Waals surface area contributed by atoms with Gasteiger partial charge in [-0.3, -0.25) is 9.78 Å². The summed E-state index contributed by atoms with van der Waals surface area (Å²) in [5.74, 6) is 0.943. The molecule has 0 atom stereocenters. The Morgan fingerprint density at radius 1 is 1.40 bits per heavy atom. The zero-order valence-electron chi connectivity index (χ0n) is 10.9. The number of thiocarbonyl (C=S) groups is 1. The Hall–Kier alpha value is -2.28. The van der Waals surface area contributed by atoms with E-state index < -0.39 is 0 Å². The van der Waals surface area contributed by atoms with Crippen LogP contribution in [0.2, 0.25) is 0 Å². The molecule has 7 heteroatoms. The van der Waals surface area contributed by atoms with Gasteiger partial charge in [-0.25, -0.2) is 4.98 Å². The van der Waals surface area contributed by atoms with Gasteiger partial charge in [0, 0.05) is 18.2 Å². The quantitative estimate of drug-likeness (QED) is 0.803. The number of amides is 1. The number of aromatic nitrogens is 2. The van der Waals surface area contributed by atoms with Gasteiger partial charge in [0.05, 0.1) is 12.7 Å². The summed E-state index contributed by atoms with van der Waals surface area (Å²) >= 11 is 4.82. The number of hydrogen-bond acceptors (Lipinski definition) is 5. The van der Waals surface area contributed by atoms with E-state index >= 15 is 0 Å². The number of aryl methyl sites for hydroxylation is 1. The first-order valence-electron chi connectivity index (χ1n) is 6.07. The number of rotatable bonds is 5. The third kappa shape index (κ3) is 3.39. The van der Waals surface area contributed by atoms with Crippen molar-refractivity contribution >= 4 is 23.1 Å².